The summed E-state index contributed by atoms with van der Waals surface area (Å²) in [6.45, 7) is 6.03. The molecule has 0 N–H and O–H groups in total. The second-order valence-corrected chi connectivity index (χ2v) is 4.48. The Balaban J connectivity index is 1.54. The lowest BCUT2D eigenvalue weighted by Gasteiger charge is -2.26. The van der Waals surface area contributed by atoms with E-state index in [-0.39, 0.29) is 0 Å². The van der Waals surface area contributed by atoms with Crippen molar-refractivity contribution in [3.8, 4) is 0 Å². The number of aromatic nitrogens is 1. The van der Waals surface area contributed by atoms with Crippen molar-refractivity contribution in [1.82, 2.24) is 9.88 Å². The molecule has 4 heteroatoms. The third-order valence-corrected chi connectivity index (χ3v) is 3.06. The highest BCUT2D eigenvalue weighted by Crippen LogP contribution is 2.00. The average molecular weight is 247 g/mol. The minimum Gasteiger partial charge on any atom is -0.379 e. The van der Waals surface area contributed by atoms with Crippen LogP contribution in [0.5, 0.6) is 0 Å². The first-order valence-electron chi connectivity index (χ1n) is 6.65. The SMILES string of the molecule is C(=NCCCCN1CCOCC1)c1ccncc1. The molecule has 0 aliphatic carbocycles. The Kier molecular flexibility index (Phi) is 5.82. The molecule has 0 atom stereocenters. The van der Waals surface area contributed by atoms with E-state index in [1.54, 1.807) is 12.4 Å². The number of pyridine rings is 1. The van der Waals surface area contributed by atoms with Crippen LogP contribution in [0.15, 0.2) is 29.5 Å². The number of morpholine rings is 1. The fraction of sp³-hybridized carbons (Fsp3) is 0.571. The van der Waals surface area contributed by atoms with E-state index in [9.17, 15) is 0 Å². The second kappa shape index (κ2) is 7.95. The fourth-order valence-electron chi connectivity index (χ4n) is 1.98. The van der Waals surface area contributed by atoms with E-state index in [0.29, 0.717) is 0 Å². The molecule has 0 bridgehead atoms. The number of ether oxygens (including phenoxy) is 1. The summed E-state index contributed by atoms with van der Waals surface area (Å²) in [5.41, 5.74) is 1.12. The van der Waals surface area contributed by atoms with Gasteiger partial charge in [-0.2, -0.15) is 0 Å². The molecule has 0 aromatic carbocycles. The molecule has 0 spiro atoms. The molecule has 1 fully saturated rings. The number of rotatable bonds is 6. The third kappa shape index (κ3) is 4.94. The highest BCUT2D eigenvalue weighted by atomic mass is 16.5. The predicted molar refractivity (Wildman–Crippen MR) is 73.2 cm³/mol. The normalized spacial score (nSPS) is 17.3. The highest BCUT2D eigenvalue weighted by Gasteiger charge is 2.08. The zero-order valence-electron chi connectivity index (χ0n) is 10.8. The van der Waals surface area contributed by atoms with Crippen LogP contribution in [0.1, 0.15) is 18.4 Å². The molecule has 2 rings (SSSR count). The molecule has 1 saturated heterocycles. The van der Waals surface area contributed by atoms with Gasteiger partial charge >= 0.3 is 0 Å². The highest BCUT2D eigenvalue weighted by molar-refractivity contribution is 5.79. The molecule has 2 heterocycles. The van der Waals surface area contributed by atoms with Gasteiger partial charge in [0.15, 0.2) is 0 Å². The number of nitrogens with zero attached hydrogens (tertiary/aromatic N) is 3. The first-order valence-corrected chi connectivity index (χ1v) is 6.65. The Morgan fingerprint density at radius 2 is 2.00 bits per heavy atom. The van der Waals surface area contributed by atoms with E-state index in [4.69, 9.17) is 4.74 Å². The van der Waals surface area contributed by atoms with Gasteiger partial charge in [-0.15, -0.1) is 0 Å². The van der Waals surface area contributed by atoms with Gasteiger partial charge in [-0.25, -0.2) is 0 Å². The summed E-state index contributed by atoms with van der Waals surface area (Å²) in [5.74, 6) is 0. The Morgan fingerprint density at radius 1 is 1.22 bits per heavy atom. The van der Waals surface area contributed by atoms with Crippen molar-refractivity contribution in [2.24, 2.45) is 4.99 Å². The maximum absolute atomic E-state index is 5.32. The van der Waals surface area contributed by atoms with Crippen LogP contribution >= 0.6 is 0 Å². The lowest BCUT2D eigenvalue weighted by Crippen LogP contribution is -2.36. The molecule has 1 aromatic heterocycles. The summed E-state index contributed by atoms with van der Waals surface area (Å²) in [7, 11) is 0. The van der Waals surface area contributed by atoms with Gasteiger partial charge in [-0.05, 0) is 37.1 Å². The van der Waals surface area contributed by atoms with Gasteiger partial charge in [0.2, 0.25) is 0 Å². The van der Waals surface area contributed by atoms with Crippen LogP contribution in [-0.4, -0.2) is 55.5 Å². The maximum atomic E-state index is 5.32. The number of hydrogen-bond acceptors (Lipinski definition) is 4. The van der Waals surface area contributed by atoms with Gasteiger partial charge in [-0.1, -0.05) is 0 Å². The van der Waals surface area contributed by atoms with Gasteiger partial charge in [0.25, 0.3) is 0 Å². The largest absolute Gasteiger partial charge is 0.379 e. The van der Waals surface area contributed by atoms with Crippen LogP contribution in [0.25, 0.3) is 0 Å². The van der Waals surface area contributed by atoms with Crippen molar-refractivity contribution < 1.29 is 4.74 Å². The Labute approximate surface area is 109 Å². The van der Waals surface area contributed by atoms with Gasteiger partial charge in [0.1, 0.15) is 0 Å². The second-order valence-electron chi connectivity index (χ2n) is 4.48. The standard InChI is InChI=1S/C14H21N3O/c1(2-8-17-9-11-18-12-10-17)5-16-13-14-3-6-15-7-4-14/h3-4,6-7,13H,1-2,5,8-12H2. The maximum Gasteiger partial charge on any atom is 0.0594 e. The Hall–Kier alpha value is -1.26. The molecule has 0 radical (unpaired) electrons. The first kappa shape index (κ1) is 13.2. The smallest absolute Gasteiger partial charge is 0.0594 e. The Morgan fingerprint density at radius 3 is 2.78 bits per heavy atom. The van der Waals surface area contributed by atoms with Gasteiger partial charge in [0, 0.05) is 38.2 Å². The van der Waals surface area contributed by atoms with Crippen molar-refractivity contribution in [3.63, 3.8) is 0 Å². The van der Waals surface area contributed by atoms with Crippen LogP contribution in [0.2, 0.25) is 0 Å². The summed E-state index contributed by atoms with van der Waals surface area (Å²) in [5, 5.41) is 0. The molecule has 4 nitrogen and oxygen atoms in total. The zero-order chi connectivity index (χ0) is 12.5. The van der Waals surface area contributed by atoms with Gasteiger partial charge in [0.05, 0.1) is 13.2 Å². The summed E-state index contributed by atoms with van der Waals surface area (Å²) >= 11 is 0. The molecule has 0 amide bonds. The quantitative estimate of drug-likeness (QED) is 0.566. The molecule has 1 aliphatic heterocycles. The molecule has 18 heavy (non-hydrogen) atoms. The van der Waals surface area contributed by atoms with Crippen molar-refractivity contribution in [2.45, 2.75) is 12.8 Å². The number of aliphatic imine (C=N–C) groups is 1. The van der Waals surface area contributed by atoms with Gasteiger partial charge < -0.3 is 4.74 Å². The monoisotopic (exact) mass is 247 g/mol. The summed E-state index contributed by atoms with van der Waals surface area (Å²) in [6, 6.07) is 3.94. The van der Waals surface area contributed by atoms with E-state index in [1.807, 2.05) is 18.3 Å². The third-order valence-electron chi connectivity index (χ3n) is 3.06. The fourth-order valence-corrected chi connectivity index (χ4v) is 1.98. The molecular weight excluding hydrogens is 226 g/mol. The topological polar surface area (TPSA) is 37.7 Å². The predicted octanol–water partition coefficient (Wildman–Crippen LogP) is 1.61. The average Bonchev–Trinajstić information content (AvgIpc) is 2.45. The van der Waals surface area contributed by atoms with E-state index < -0.39 is 0 Å². The minimum absolute atomic E-state index is 0.889. The van der Waals surface area contributed by atoms with Gasteiger partial charge in [-0.3, -0.25) is 14.9 Å². The van der Waals surface area contributed by atoms with Crippen LogP contribution < -0.4 is 0 Å². The number of unbranched alkanes of at least 4 members (excludes halogenated alkanes) is 1. The van der Waals surface area contributed by atoms with E-state index in [2.05, 4.69) is 14.9 Å². The first-order chi connectivity index (χ1) is 8.95. The summed E-state index contributed by atoms with van der Waals surface area (Å²) in [4.78, 5) is 10.9. The van der Waals surface area contributed by atoms with E-state index >= 15 is 0 Å². The van der Waals surface area contributed by atoms with E-state index in [1.165, 1.54) is 13.0 Å². The van der Waals surface area contributed by atoms with Crippen LogP contribution in [0.3, 0.4) is 0 Å². The van der Waals surface area contributed by atoms with Crippen LogP contribution in [0.4, 0.5) is 0 Å². The Bertz CT molecular complexity index is 347. The lowest BCUT2D eigenvalue weighted by atomic mass is 10.2. The van der Waals surface area contributed by atoms with Crippen molar-refractivity contribution in [1.29, 1.82) is 0 Å². The minimum atomic E-state index is 0.889. The zero-order valence-corrected chi connectivity index (χ0v) is 10.8. The molecular formula is C14H21N3O. The van der Waals surface area contributed by atoms with Crippen LogP contribution in [0, 0.1) is 0 Å². The van der Waals surface area contributed by atoms with Crippen molar-refractivity contribution >= 4 is 6.21 Å². The summed E-state index contributed by atoms with van der Waals surface area (Å²) in [6.07, 6.45) is 7.88. The number of hydrogen-bond donors (Lipinski definition) is 0. The van der Waals surface area contributed by atoms with Crippen LogP contribution in [-0.2, 0) is 4.74 Å². The molecule has 1 aliphatic rings. The van der Waals surface area contributed by atoms with Crippen molar-refractivity contribution in [2.75, 3.05) is 39.4 Å². The molecule has 0 unspecified atom stereocenters. The molecule has 0 saturated carbocycles. The lowest BCUT2D eigenvalue weighted by molar-refractivity contribution is 0.0373. The summed E-state index contributed by atoms with van der Waals surface area (Å²) < 4.78 is 5.32. The van der Waals surface area contributed by atoms with E-state index in [0.717, 1.165) is 44.8 Å². The van der Waals surface area contributed by atoms with Crippen molar-refractivity contribution in [3.05, 3.63) is 30.1 Å². The molecule has 1 aromatic rings. The molecule has 98 valence electrons.